The molecule has 2 aliphatic heterocycles. The number of hydrogen-bond acceptors (Lipinski definition) is 4. The second kappa shape index (κ2) is 11.1. The number of ether oxygens (including phenoxy) is 1. The van der Waals surface area contributed by atoms with Crippen LogP contribution in [-0.2, 0) is 27.0 Å². The van der Waals surface area contributed by atoms with E-state index >= 15 is 0 Å². The normalized spacial score (nSPS) is 27.8. The van der Waals surface area contributed by atoms with Gasteiger partial charge in [-0.1, -0.05) is 12.1 Å². The average Bonchev–Trinajstić information content (AvgIpc) is 3.77. The van der Waals surface area contributed by atoms with Gasteiger partial charge in [-0.25, -0.2) is 8.78 Å². The van der Waals surface area contributed by atoms with Gasteiger partial charge in [-0.05, 0) is 91.9 Å². The number of carbonyl (C=O) groups is 2. The smallest absolute Gasteiger partial charge is 0.416 e. The first-order valence-electron chi connectivity index (χ1n) is 13.5. The first-order valence-corrected chi connectivity index (χ1v) is 13.5. The molecule has 11 heteroatoms. The molecule has 1 saturated carbocycles. The molecule has 4 atom stereocenters. The highest BCUT2D eigenvalue weighted by Gasteiger charge is 2.54. The maximum absolute atomic E-state index is 13.8. The predicted octanol–water partition coefficient (Wildman–Crippen LogP) is 5.12. The molecule has 5 rings (SSSR count). The minimum Gasteiger partial charge on any atom is -0.481 e. The van der Waals surface area contributed by atoms with Crippen LogP contribution >= 0.6 is 0 Å². The Morgan fingerprint density at radius 3 is 2.35 bits per heavy atom. The Balaban J connectivity index is 1.22. The van der Waals surface area contributed by atoms with E-state index in [9.17, 15) is 36.6 Å². The van der Waals surface area contributed by atoms with Gasteiger partial charge < -0.3 is 15.2 Å². The summed E-state index contributed by atoms with van der Waals surface area (Å²) >= 11 is 0. The Hall–Kier alpha value is -3.05. The Kier molecular flexibility index (Phi) is 7.89. The average molecular weight is 567 g/mol. The van der Waals surface area contributed by atoms with Gasteiger partial charge in [0.15, 0.2) is 0 Å². The summed E-state index contributed by atoms with van der Waals surface area (Å²) in [6, 6.07) is 8.04. The number of hydrogen-bond donors (Lipinski definition) is 2. The van der Waals surface area contributed by atoms with Crippen LogP contribution in [0.4, 0.5) is 22.0 Å². The minimum atomic E-state index is -4.70. The van der Waals surface area contributed by atoms with Crippen LogP contribution in [0.3, 0.4) is 0 Å². The molecule has 1 aliphatic carbocycles. The number of likely N-dealkylation sites (tertiary alicyclic amines) is 1. The van der Waals surface area contributed by atoms with Gasteiger partial charge in [-0.15, -0.1) is 0 Å². The Morgan fingerprint density at radius 2 is 1.75 bits per heavy atom. The first kappa shape index (κ1) is 28.5. The van der Waals surface area contributed by atoms with E-state index in [-0.39, 0.29) is 42.4 Å². The summed E-state index contributed by atoms with van der Waals surface area (Å²) in [5.74, 6) is -3.68. The fourth-order valence-electron chi connectivity index (χ4n) is 6.22. The lowest BCUT2D eigenvalue weighted by Crippen LogP contribution is -2.58. The predicted molar refractivity (Wildman–Crippen MR) is 134 cm³/mol. The molecule has 0 bridgehead atoms. The number of carboxylic acids is 1. The second-order valence-corrected chi connectivity index (χ2v) is 11.1. The van der Waals surface area contributed by atoms with Crippen LogP contribution in [0.15, 0.2) is 42.5 Å². The molecule has 0 unspecified atom stereocenters. The third-order valence-electron chi connectivity index (χ3n) is 8.52. The van der Waals surface area contributed by atoms with Crippen molar-refractivity contribution >= 4 is 11.9 Å². The summed E-state index contributed by atoms with van der Waals surface area (Å²) in [7, 11) is 0. The number of aliphatic carboxylic acids is 1. The summed E-state index contributed by atoms with van der Waals surface area (Å²) in [6.07, 6.45) is -1.55. The van der Waals surface area contributed by atoms with Crippen molar-refractivity contribution in [1.82, 2.24) is 10.2 Å². The van der Waals surface area contributed by atoms with Crippen LogP contribution in [0.5, 0.6) is 0 Å². The van der Waals surface area contributed by atoms with Crippen LogP contribution in [0.1, 0.15) is 54.7 Å². The molecule has 0 spiro atoms. The lowest BCUT2D eigenvalue weighted by molar-refractivity contribution is -0.166. The van der Waals surface area contributed by atoms with E-state index in [1.165, 1.54) is 12.1 Å². The van der Waals surface area contributed by atoms with Crippen molar-refractivity contribution in [2.24, 2.45) is 11.8 Å². The van der Waals surface area contributed by atoms with E-state index in [2.05, 4.69) is 10.2 Å². The Morgan fingerprint density at radius 1 is 1.02 bits per heavy atom. The number of rotatable bonds is 7. The van der Waals surface area contributed by atoms with Crippen molar-refractivity contribution in [3.63, 3.8) is 0 Å². The van der Waals surface area contributed by atoms with E-state index in [0.29, 0.717) is 38.4 Å². The van der Waals surface area contributed by atoms with Crippen LogP contribution in [0.25, 0.3) is 0 Å². The molecule has 216 valence electrons. The molecule has 0 radical (unpaired) electrons. The molecule has 1 amide bonds. The van der Waals surface area contributed by atoms with Gasteiger partial charge in [0.1, 0.15) is 17.2 Å². The van der Waals surface area contributed by atoms with Gasteiger partial charge in [0.25, 0.3) is 5.91 Å². The summed E-state index contributed by atoms with van der Waals surface area (Å²) < 4.78 is 72.6. The molecule has 2 heterocycles. The number of benzene rings is 2. The lowest BCUT2D eigenvalue weighted by atomic mass is 9.79. The molecule has 6 nitrogen and oxygen atoms in total. The molecular weight excluding hydrogens is 535 g/mol. The highest BCUT2D eigenvalue weighted by Crippen LogP contribution is 2.47. The van der Waals surface area contributed by atoms with Crippen LogP contribution < -0.4 is 5.32 Å². The largest absolute Gasteiger partial charge is 0.481 e. The highest BCUT2D eigenvalue weighted by molar-refractivity contribution is 5.86. The number of piperidine rings is 1. The second-order valence-electron chi connectivity index (χ2n) is 11.1. The number of nitrogens with one attached hydrogen (secondary N) is 1. The molecule has 3 fully saturated rings. The van der Waals surface area contributed by atoms with Crippen LogP contribution in [0.2, 0.25) is 0 Å². The standard InChI is InChI=1S/C29H31F5N2O4/c30-21-5-1-18(2-6-21)24-8-10-36(15-25(24)26(37)38)23-7-9-28(40-16-23,19-3-4-19)27(39)35-14-17-11-20(29(32,33)34)13-22(31)12-17/h1-2,5-6,11-13,19,23-25H,3-4,7-10,14-16H2,(H,35,39)(H,37,38)/t23-,24-,25+,28+/m1/s1. The lowest BCUT2D eigenvalue weighted by Gasteiger charge is -2.46. The molecule has 3 aliphatic rings. The van der Waals surface area contributed by atoms with E-state index < -0.39 is 41.0 Å². The zero-order valence-electron chi connectivity index (χ0n) is 21.7. The summed E-state index contributed by atoms with van der Waals surface area (Å²) in [5.41, 5.74) is -1.44. The van der Waals surface area contributed by atoms with Gasteiger partial charge in [-0.2, -0.15) is 13.2 Å². The maximum Gasteiger partial charge on any atom is 0.416 e. The molecule has 2 saturated heterocycles. The molecular formula is C29H31F5N2O4. The van der Waals surface area contributed by atoms with Crippen molar-refractivity contribution in [3.8, 4) is 0 Å². The zero-order chi connectivity index (χ0) is 28.7. The van der Waals surface area contributed by atoms with E-state index in [4.69, 9.17) is 4.74 Å². The monoisotopic (exact) mass is 566 g/mol. The first-order chi connectivity index (χ1) is 19.0. The summed E-state index contributed by atoms with van der Waals surface area (Å²) in [6.45, 7) is 0.881. The quantitative estimate of drug-likeness (QED) is 0.455. The maximum atomic E-state index is 13.8. The number of carbonyl (C=O) groups excluding carboxylic acids is 1. The van der Waals surface area contributed by atoms with E-state index in [1.807, 2.05) is 0 Å². The van der Waals surface area contributed by atoms with E-state index in [1.54, 1.807) is 12.1 Å². The Bertz CT molecular complexity index is 1240. The molecule has 2 aromatic carbocycles. The zero-order valence-corrected chi connectivity index (χ0v) is 21.7. The van der Waals surface area contributed by atoms with Crippen molar-refractivity contribution in [3.05, 3.63) is 70.8 Å². The number of carboxylic acid groups (broad SMARTS) is 1. The van der Waals surface area contributed by atoms with Gasteiger partial charge in [0.05, 0.1) is 18.1 Å². The van der Waals surface area contributed by atoms with Crippen LogP contribution in [0, 0.1) is 23.5 Å². The molecule has 0 aromatic heterocycles. The van der Waals surface area contributed by atoms with Gasteiger partial charge in [0.2, 0.25) is 0 Å². The number of nitrogens with zero attached hydrogens (tertiary/aromatic N) is 1. The topological polar surface area (TPSA) is 78.9 Å². The summed E-state index contributed by atoms with van der Waals surface area (Å²) in [5, 5.41) is 12.6. The molecule has 2 N–H and O–H groups in total. The van der Waals surface area contributed by atoms with Crippen LogP contribution in [-0.4, -0.2) is 53.2 Å². The SMILES string of the molecule is O=C(O)[C@H]1CN([C@@H]2CC[C@@](C(=O)NCc3cc(F)cc(C(F)(F)F)c3)(C3CC3)OC2)CC[C@@H]1c1ccc(F)cc1. The number of halogens is 5. The third-order valence-corrected chi connectivity index (χ3v) is 8.52. The minimum absolute atomic E-state index is 0.00375. The van der Waals surface area contributed by atoms with Crippen molar-refractivity contribution in [2.75, 3.05) is 19.7 Å². The van der Waals surface area contributed by atoms with Crippen molar-refractivity contribution in [2.45, 2.75) is 62.4 Å². The molecule has 2 aromatic rings. The highest BCUT2D eigenvalue weighted by atomic mass is 19.4. The molecule has 40 heavy (non-hydrogen) atoms. The van der Waals surface area contributed by atoms with Gasteiger partial charge >= 0.3 is 12.1 Å². The van der Waals surface area contributed by atoms with E-state index in [0.717, 1.165) is 30.5 Å². The van der Waals surface area contributed by atoms with Gasteiger partial charge in [0, 0.05) is 19.1 Å². The number of amides is 1. The van der Waals surface area contributed by atoms with Crippen molar-refractivity contribution in [1.29, 1.82) is 0 Å². The summed E-state index contributed by atoms with van der Waals surface area (Å²) in [4.78, 5) is 27.5. The third kappa shape index (κ3) is 6.00. The Labute approximate surface area is 228 Å². The van der Waals surface area contributed by atoms with Crippen molar-refractivity contribution < 1.29 is 41.4 Å². The van der Waals surface area contributed by atoms with Gasteiger partial charge in [-0.3, -0.25) is 14.5 Å². The number of alkyl halides is 3. The fourth-order valence-corrected chi connectivity index (χ4v) is 6.22. The fraction of sp³-hybridized carbons (Fsp3) is 0.517.